The zero-order chi connectivity index (χ0) is 24.1. The molecule has 2 aliphatic heterocycles. The van der Waals surface area contributed by atoms with Gasteiger partial charge < -0.3 is 4.74 Å². The molecular weight excluding hydrogens is 483 g/mol. The van der Waals surface area contributed by atoms with Crippen LogP contribution in [0.5, 0.6) is 0 Å². The molecule has 2 aliphatic rings. The number of aromatic nitrogens is 1. The molecule has 0 aromatic carbocycles. The Morgan fingerprint density at radius 3 is 2.52 bits per heavy atom. The number of nitrogens with one attached hydrogen (secondary N) is 1. The monoisotopic (exact) mass is 513 g/mol. The van der Waals surface area contributed by atoms with E-state index >= 15 is 0 Å². The second-order valence-electron chi connectivity index (χ2n) is 8.57. The lowest BCUT2D eigenvalue weighted by atomic mass is 9.98. The summed E-state index contributed by atoms with van der Waals surface area (Å²) in [6.45, 7) is 0.754. The first-order valence-electron chi connectivity index (χ1n) is 11.1. The Hall–Kier alpha value is -1.28. The number of carbonyl (C=O) groups is 1. The summed E-state index contributed by atoms with van der Waals surface area (Å²) >= 11 is 1.53. The summed E-state index contributed by atoms with van der Waals surface area (Å²) in [5, 5.41) is 10.1. The predicted octanol–water partition coefficient (Wildman–Crippen LogP) is 3.37. The second-order valence-corrected chi connectivity index (χ2v) is 12.0. The topological polar surface area (TPSA) is 109 Å². The molecule has 33 heavy (non-hydrogen) atoms. The fourth-order valence-corrected chi connectivity index (χ4v) is 7.70. The van der Waals surface area contributed by atoms with Crippen molar-refractivity contribution in [3.8, 4) is 0 Å². The highest BCUT2D eigenvalue weighted by atomic mass is 32.2. The minimum Gasteiger partial charge on any atom is -0.381 e. The predicted molar refractivity (Wildman–Crippen MR) is 116 cm³/mol. The SMILES string of the molecule is O=C(NO)C1(S(=O)(=O)N2CCC(c3ncc(CCCCCC(F)(F)F)s3)CC2)CCOCC1. The van der Waals surface area contributed by atoms with Gasteiger partial charge in [0.25, 0.3) is 5.91 Å². The van der Waals surface area contributed by atoms with Gasteiger partial charge in [-0.25, -0.2) is 23.2 Å². The maximum atomic E-state index is 13.4. The van der Waals surface area contributed by atoms with Crippen molar-refractivity contribution in [2.75, 3.05) is 26.3 Å². The molecule has 0 bridgehead atoms. The van der Waals surface area contributed by atoms with E-state index in [4.69, 9.17) is 9.94 Å². The largest absolute Gasteiger partial charge is 0.389 e. The highest BCUT2D eigenvalue weighted by molar-refractivity contribution is 7.91. The van der Waals surface area contributed by atoms with Crippen LogP contribution in [0.15, 0.2) is 6.20 Å². The number of amides is 1. The lowest BCUT2D eigenvalue weighted by Gasteiger charge is -2.40. The first-order valence-corrected chi connectivity index (χ1v) is 13.4. The smallest absolute Gasteiger partial charge is 0.381 e. The van der Waals surface area contributed by atoms with Crippen molar-refractivity contribution in [3.63, 3.8) is 0 Å². The number of rotatable bonds is 9. The fraction of sp³-hybridized carbons (Fsp3) is 0.800. The van der Waals surface area contributed by atoms with Crippen molar-refractivity contribution in [1.82, 2.24) is 14.8 Å². The van der Waals surface area contributed by atoms with Crippen LogP contribution in [0.1, 0.15) is 67.2 Å². The van der Waals surface area contributed by atoms with E-state index in [1.165, 1.54) is 21.1 Å². The Balaban J connectivity index is 1.54. The molecular formula is C20H30F3N3O5S2. The number of nitrogens with zero attached hydrogens (tertiary/aromatic N) is 2. The second kappa shape index (κ2) is 11.0. The molecule has 2 saturated heterocycles. The van der Waals surface area contributed by atoms with Crippen molar-refractivity contribution >= 4 is 27.3 Å². The van der Waals surface area contributed by atoms with Crippen molar-refractivity contribution in [1.29, 1.82) is 0 Å². The van der Waals surface area contributed by atoms with E-state index in [0.29, 0.717) is 32.1 Å². The van der Waals surface area contributed by atoms with Crippen LogP contribution in [0, 0.1) is 0 Å². The third kappa shape index (κ3) is 6.24. The van der Waals surface area contributed by atoms with Crippen molar-refractivity contribution in [2.24, 2.45) is 0 Å². The minimum absolute atomic E-state index is 0.0134. The van der Waals surface area contributed by atoms with Gasteiger partial charge in [-0.2, -0.15) is 13.2 Å². The lowest BCUT2D eigenvalue weighted by Crippen LogP contribution is -2.60. The number of thiazole rings is 1. The summed E-state index contributed by atoms with van der Waals surface area (Å²) in [4.78, 5) is 17.8. The summed E-state index contributed by atoms with van der Waals surface area (Å²) < 4.78 is 68.2. The molecule has 0 unspecified atom stereocenters. The molecule has 13 heteroatoms. The summed E-state index contributed by atoms with van der Waals surface area (Å²) in [5.74, 6) is -0.828. The van der Waals surface area contributed by atoms with Crippen LogP contribution in [-0.4, -0.2) is 66.0 Å². The lowest BCUT2D eigenvalue weighted by molar-refractivity contribution is -0.136. The summed E-state index contributed by atoms with van der Waals surface area (Å²) in [7, 11) is -4.00. The normalized spacial score (nSPS) is 20.6. The number of carbonyl (C=O) groups excluding carboxylic acids is 1. The van der Waals surface area contributed by atoms with Crippen LogP contribution in [0.3, 0.4) is 0 Å². The standard InChI is InChI=1S/C20H30F3N3O5S2/c21-20(22,23)7-3-1-2-4-16-14-24-17(32-16)15-5-10-26(11-6-15)33(29,30)19(18(27)25-28)8-12-31-13-9-19/h14-15,28H,1-13H2,(H,25,27). The summed E-state index contributed by atoms with van der Waals surface area (Å²) in [5.41, 5.74) is 1.53. The van der Waals surface area contributed by atoms with Gasteiger partial charge in [0.1, 0.15) is 0 Å². The number of hydrogen-bond donors (Lipinski definition) is 2. The molecule has 0 radical (unpaired) electrons. The third-order valence-corrected chi connectivity index (χ3v) is 10.3. The number of alkyl halides is 3. The fourth-order valence-electron chi connectivity index (χ4n) is 4.42. The van der Waals surface area contributed by atoms with Gasteiger partial charge in [-0.05, 0) is 32.1 Å². The number of hydrogen-bond acceptors (Lipinski definition) is 7. The van der Waals surface area contributed by atoms with Gasteiger partial charge in [-0.3, -0.25) is 10.0 Å². The molecule has 3 rings (SSSR count). The molecule has 2 fully saturated rings. The molecule has 1 amide bonds. The zero-order valence-corrected chi connectivity index (χ0v) is 19.9. The number of unbranched alkanes of at least 4 members (excludes halogenated alkanes) is 2. The summed E-state index contributed by atoms with van der Waals surface area (Å²) in [6.07, 6.45) is -0.00641. The van der Waals surface area contributed by atoms with Gasteiger partial charge in [0.2, 0.25) is 10.0 Å². The Bertz CT molecular complexity index is 893. The molecule has 2 N–H and O–H groups in total. The van der Waals surface area contributed by atoms with Crippen molar-refractivity contribution in [3.05, 3.63) is 16.1 Å². The summed E-state index contributed by atoms with van der Waals surface area (Å²) in [6, 6.07) is 0. The van der Waals surface area contributed by atoms with Gasteiger partial charge in [-0.1, -0.05) is 6.42 Å². The Kier molecular flexibility index (Phi) is 8.76. The molecule has 0 spiro atoms. The number of hydroxylamine groups is 1. The minimum atomic E-state index is -4.10. The van der Waals surface area contributed by atoms with Crippen molar-refractivity contribution in [2.45, 2.75) is 74.6 Å². The first-order chi connectivity index (χ1) is 15.6. The van der Waals surface area contributed by atoms with E-state index in [1.54, 1.807) is 6.20 Å². The molecule has 188 valence electrons. The molecule has 1 aromatic heterocycles. The maximum absolute atomic E-state index is 13.4. The molecule has 0 atom stereocenters. The van der Waals surface area contributed by atoms with Crippen LogP contribution < -0.4 is 5.48 Å². The van der Waals surface area contributed by atoms with Crippen LogP contribution in [0.2, 0.25) is 0 Å². The van der Waals surface area contributed by atoms with Crippen LogP contribution >= 0.6 is 11.3 Å². The molecule has 8 nitrogen and oxygen atoms in total. The van der Waals surface area contributed by atoms with Crippen LogP contribution in [0.25, 0.3) is 0 Å². The van der Waals surface area contributed by atoms with Crippen LogP contribution in [0.4, 0.5) is 13.2 Å². The number of piperidine rings is 1. The number of aryl methyl sites for hydroxylation is 1. The Labute approximate surface area is 195 Å². The van der Waals surface area contributed by atoms with Gasteiger partial charge in [0.05, 0.1) is 5.01 Å². The van der Waals surface area contributed by atoms with Gasteiger partial charge in [-0.15, -0.1) is 11.3 Å². The number of halogens is 3. The van der Waals surface area contributed by atoms with Gasteiger partial charge >= 0.3 is 6.18 Å². The van der Waals surface area contributed by atoms with E-state index in [2.05, 4.69) is 4.98 Å². The van der Waals surface area contributed by atoms with Crippen LogP contribution in [-0.2, 0) is 26.0 Å². The van der Waals surface area contributed by atoms with Gasteiger partial charge in [0.15, 0.2) is 4.75 Å². The Morgan fingerprint density at radius 2 is 1.91 bits per heavy atom. The average molecular weight is 514 g/mol. The van der Waals surface area contributed by atoms with Crippen molar-refractivity contribution < 1.29 is 36.3 Å². The highest BCUT2D eigenvalue weighted by Crippen LogP contribution is 2.37. The van der Waals surface area contributed by atoms with E-state index in [1.807, 2.05) is 0 Å². The zero-order valence-electron chi connectivity index (χ0n) is 18.3. The quantitative estimate of drug-likeness (QED) is 0.298. The molecule has 0 aliphatic carbocycles. The van der Waals surface area contributed by atoms with Gasteiger partial charge in [0, 0.05) is 62.6 Å². The molecule has 1 aromatic rings. The number of sulfonamides is 1. The maximum Gasteiger partial charge on any atom is 0.389 e. The first kappa shape index (κ1) is 26.3. The Morgan fingerprint density at radius 1 is 1.24 bits per heavy atom. The third-order valence-electron chi connectivity index (χ3n) is 6.41. The molecule has 0 saturated carbocycles. The highest BCUT2D eigenvalue weighted by Gasteiger charge is 2.54. The van der Waals surface area contributed by atoms with E-state index in [-0.39, 0.29) is 51.5 Å². The van der Waals surface area contributed by atoms with E-state index < -0.39 is 33.3 Å². The molecule has 3 heterocycles. The van der Waals surface area contributed by atoms with E-state index in [0.717, 1.165) is 9.88 Å². The average Bonchev–Trinajstić information content (AvgIpc) is 3.27. The number of ether oxygens (including phenoxy) is 1. The van der Waals surface area contributed by atoms with E-state index in [9.17, 15) is 26.4 Å².